The maximum Gasteiger partial charge on any atom is 0.337 e. The first-order chi connectivity index (χ1) is 16.0. The van der Waals surface area contributed by atoms with Crippen LogP contribution in [-0.2, 0) is 14.3 Å². The number of furan rings is 1. The van der Waals surface area contributed by atoms with Crippen molar-refractivity contribution in [1.82, 2.24) is 5.32 Å². The Labute approximate surface area is 194 Å². The number of aryl methyl sites for hydroxylation is 1. The van der Waals surface area contributed by atoms with Gasteiger partial charge in [-0.2, -0.15) is 0 Å². The van der Waals surface area contributed by atoms with E-state index in [1.165, 1.54) is 6.42 Å². The number of dihydropyridines is 1. The number of nitrogens with one attached hydrogen (secondary N) is 1. The van der Waals surface area contributed by atoms with Crippen LogP contribution in [0.15, 0.2) is 69.4 Å². The quantitative estimate of drug-likeness (QED) is 0.600. The van der Waals surface area contributed by atoms with Crippen LogP contribution in [0.2, 0.25) is 0 Å². The average molecular weight is 446 g/mol. The van der Waals surface area contributed by atoms with E-state index >= 15 is 0 Å². The smallest absolute Gasteiger partial charge is 0.337 e. The summed E-state index contributed by atoms with van der Waals surface area (Å²) in [6.45, 7) is 3.78. The van der Waals surface area contributed by atoms with E-state index in [1.54, 1.807) is 0 Å². The fraction of sp³-hybridized carbons (Fsp3) is 0.429. The zero-order valence-corrected chi connectivity index (χ0v) is 19.4. The predicted molar refractivity (Wildman–Crippen MR) is 125 cm³/mol. The Bertz CT molecular complexity index is 1120. The second-order valence-electron chi connectivity index (χ2n) is 9.54. The van der Waals surface area contributed by atoms with E-state index in [1.807, 2.05) is 44.2 Å². The molecule has 0 spiro atoms. The molecule has 1 fully saturated rings. The zero-order valence-electron chi connectivity index (χ0n) is 19.4. The number of Topliss-reactive ketones (excluding diaryl/α,β-unsaturated/α-hetero) is 1. The second-order valence-corrected chi connectivity index (χ2v) is 9.54. The van der Waals surface area contributed by atoms with Crippen LogP contribution in [0.4, 0.5) is 0 Å². The first kappa shape index (κ1) is 21.7. The number of rotatable bonds is 4. The number of carbonyl (C=O) groups is 2. The molecule has 1 saturated carbocycles. The molecule has 5 rings (SSSR count). The number of ketones is 1. The first-order valence-corrected chi connectivity index (χ1v) is 12.1. The molecular formula is C28H31NO4. The number of ether oxygens (including phenoxy) is 1. The van der Waals surface area contributed by atoms with E-state index in [9.17, 15) is 9.59 Å². The van der Waals surface area contributed by atoms with Gasteiger partial charge in [0.15, 0.2) is 5.78 Å². The summed E-state index contributed by atoms with van der Waals surface area (Å²) < 4.78 is 11.9. The lowest BCUT2D eigenvalue weighted by Crippen LogP contribution is -2.36. The van der Waals surface area contributed by atoms with E-state index in [-0.39, 0.29) is 23.8 Å². The van der Waals surface area contributed by atoms with Crippen molar-refractivity contribution < 1.29 is 18.7 Å². The van der Waals surface area contributed by atoms with E-state index in [4.69, 9.17) is 9.15 Å². The van der Waals surface area contributed by atoms with Crippen LogP contribution < -0.4 is 5.32 Å². The molecule has 33 heavy (non-hydrogen) atoms. The van der Waals surface area contributed by atoms with Crippen molar-refractivity contribution in [3.8, 4) is 0 Å². The Morgan fingerprint density at radius 2 is 1.76 bits per heavy atom. The predicted octanol–water partition coefficient (Wildman–Crippen LogP) is 5.83. The molecule has 2 aromatic rings. The van der Waals surface area contributed by atoms with Crippen molar-refractivity contribution in [3.05, 3.63) is 82.1 Å². The van der Waals surface area contributed by atoms with Crippen LogP contribution in [0.25, 0.3) is 0 Å². The number of benzene rings is 1. The molecule has 2 heterocycles. The highest BCUT2D eigenvalue weighted by Gasteiger charge is 2.43. The molecule has 5 nitrogen and oxygen atoms in total. The van der Waals surface area contributed by atoms with Crippen molar-refractivity contribution in [2.24, 2.45) is 0 Å². The molecule has 5 heteroatoms. The fourth-order valence-corrected chi connectivity index (χ4v) is 5.56. The molecule has 1 aliphatic heterocycles. The van der Waals surface area contributed by atoms with Gasteiger partial charge in [-0.25, -0.2) is 4.79 Å². The first-order valence-electron chi connectivity index (χ1n) is 12.1. The summed E-state index contributed by atoms with van der Waals surface area (Å²) in [5, 5.41) is 3.42. The normalized spacial score (nSPS) is 23.9. The van der Waals surface area contributed by atoms with Gasteiger partial charge >= 0.3 is 5.97 Å². The van der Waals surface area contributed by atoms with Crippen molar-refractivity contribution in [2.75, 3.05) is 0 Å². The van der Waals surface area contributed by atoms with Gasteiger partial charge in [0.05, 0.1) is 11.5 Å². The monoisotopic (exact) mass is 445 g/mol. The summed E-state index contributed by atoms with van der Waals surface area (Å²) in [4.78, 5) is 27.0. The zero-order chi connectivity index (χ0) is 22.9. The largest absolute Gasteiger partial charge is 0.465 e. The van der Waals surface area contributed by atoms with Gasteiger partial charge in [-0.05, 0) is 69.6 Å². The molecule has 2 atom stereocenters. The Balaban J connectivity index is 1.51. The van der Waals surface area contributed by atoms with Gasteiger partial charge in [0.1, 0.15) is 17.6 Å². The average Bonchev–Trinajstić information content (AvgIpc) is 3.25. The molecule has 0 saturated heterocycles. The topological polar surface area (TPSA) is 68.5 Å². The van der Waals surface area contributed by atoms with Crippen molar-refractivity contribution in [3.63, 3.8) is 0 Å². The summed E-state index contributed by atoms with van der Waals surface area (Å²) in [6, 6.07) is 13.9. The van der Waals surface area contributed by atoms with Gasteiger partial charge in [-0.1, -0.05) is 36.8 Å². The lowest BCUT2D eigenvalue weighted by molar-refractivity contribution is -0.146. The summed E-state index contributed by atoms with van der Waals surface area (Å²) in [6.07, 6.45) is 6.27. The molecular weight excluding hydrogens is 414 g/mol. The van der Waals surface area contributed by atoms with E-state index in [0.29, 0.717) is 23.3 Å². The van der Waals surface area contributed by atoms with Crippen LogP contribution in [-0.4, -0.2) is 17.9 Å². The standard InChI is InChI=1S/C28H31NO4/c1-17-13-14-24(32-17)27-25(28(31)33-21-11-7-4-8-12-21)18(2)29-22-15-20(16-23(30)26(22)27)19-9-5-3-6-10-19/h3,5-6,9-10,13-14,20-21,27,29H,4,7-8,11-12,15-16H2,1-2H3/t20-,27+/m0/s1. The van der Waals surface area contributed by atoms with E-state index < -0.39 is 5.92 Å². The van der Waals surface area contributed by atoms with Crippen LogP contribution >= 0.6 is 0 Å². The molecule has 172 valence electrons. The lowest BCUT2D eigenvalue weighted by atomic mass is 9.73. The highest BCUT2D eigenvalue weighted by atomic mass is 16.5. The highest BCUT2D eigenvalue weighted by Crippen LogP contribution is 2.46. The maximum absolute atomic E-state index is 13.6. The van der Waals surface area contributed by atoms with Gasteiger partial charge in [0, 0.05) is 23.4 Å². The third-order valence-corrected chi connectivity index (χ3v) is 7.19. The summed E-state index contributed by atoms with van der Waals surface area (Å²) in [5.41, 5.74) is 3.95. The third-order valence-electron chi connectivity index (χ3n) is 7.19. The molecule has 0 unspecified atom stereocenters. The Morgan fingerprint density at radius 3 is 2.45 bits per heavy atom. The molecule has 0 radical (unpaired) electrons. The number of allylic oxidation sites excluding steroid dienone is 3. The minimum atomic E-state index is -0.532. The summed E-state index contributed by atoms with van der Waals surface area (Å²) in [7, 11) is 0. The molecule has 0 bridgehead atoms. The molecule has 1 aromatic heterocycles. The van der Waals surface area contributed by atoms with Gasteiger partial charge in [0.25, 0.3) is 0 Å². The van der Waals surface area contributed by atoms with Crippen LogP contribution in [0.5, 0.6) is 0 Å². The van der Waals surface area contributed by atoms with Gasteiger partial charge in [-0.15, -0.1) is 0 Å². The van der Waals surface area contributed by atoms with E-state index in [0.717, 1.165) is 54.8 Å². The molecule has 0 amide bonds. The van der Waals surface area contributed by atoms with Crippen LogP contribution in [0, 0.1) is 6.92 Å². The Kier molecular flexibility index (Phi) is 5.96. The Hall–Kier alpha value is -3.08. The van der Waals surface area contributed by atoms with E-state index in [2.05, 4.69) is 17.4 Å². The molecule has 1 N–H and O–H groups in total. The van der Waals surface area contributed by atoms with Crippen molar-refractivity contribution >= 4 is 11.8 Å². The third kappa shape index (κ3) is 4.29. The highest BCUT2D eigenvalue weighted by molar-refractivity contribution is 6.04. The number of carbonyl (C=O) groups excluding carboxylic acids is 2. The lowest BCUT2D eigenvalue weighted by Gasteiger charge is -2.36. The van der Waals surface area contributed by atoms with Crippen LogP contribution in [0.1, 0.15) is 80.8 Å². The van der Waals surface area contributed by atoms with Crippen molar-refractivity contribution in [1.29, 1.82) is 0 Å². The van der Waals surface area contributed by atoms with Crippen LogP contribution in [0.3, 0.4) is 0 Å². The second kappa shape index (κ2) is 9.05. The van der Waals surface area contributed by atoms with Gasteiger partial charge in [0.2, 0.25) is 0 Å². The minimum Gasteiger partial charge on any atom is -0.465 e. The summed E-state index contributed by atoms with van der Waals surface area (Å²) in [5.74, 6) is 0.696. The molecule has 3 aliphatic rings. The minimum absolute atomic E-state index is 0.0505. The molecule has 2 aliphatic carbocycles. The SMILES string of the molecule is CC1=C(C(=O)OC2CCCCC2)[C@@H](c2ccc(C)o2)C2=C(C[C@H](c3ccccc3)CC2=O)N1. The fourth-order valence-electron chi connectivity index (χ4n) is 5.56. The number of hydrogen-bond acceptors (Lipinski definition) is 5. The van der Waals surface area contributed by atoms with Crippen molar-refractivity contribution in [2.45, 2.75) is 76.7 Å². The number of esters is 1. The van der Waals surface area contributed by atoms with Gasteiger partial charge in [-0.3, -0.25) is 4.79 Å². The number of hydrogen-bond donors (Lipinski definition) is 1. The summed E-state index contributed by atoms with van der Waals surface area (Å²) >= 11 is 0. The molecule has 1 aromatic carbocycles. The Morgan fingerprint density at radius 1 is 1.00 bits per heavy atom. The van der Waals surface area contributed by atoms with Gasteiger partial charge < -0.3 is 14.5 Å². The maximum atomic E-state index is 13.6.